The van der Waals surface area contributed by atoms with Gasteiger partial charge >= 0.3 is 5.97 Å². The number of amides is 1. The number of carbonyl (C=O) groups is 2. The molecule has 2 rings (SSSR count). The summed E-state index contributed by atoms with van der Waals surface area (Å²) >= 11 is 7.25. The van der Waals surface area contributed by atoms with Crippen molar-refractivity contribution in [2.45, 2.75) is 0 Å². The van der Waals surface area contributed by atoms with Crippen molar-refractivity contribution in [3.8, 4) is 0 Å². The van der Waals surface area contributed by atoms with Crippen molar-refractivity contribution >= 4 is 40.5 Å². The number of aliphatic carboxylic acids is 1. The highest BCUT2D eigenvalue weighted by molar-refractivity contribution is 7.08. The molecule has 1 aromatic heterocycles. The van der Waals surface area contributed by atoms with E-state index in [2.05, 4.69) is 0 Å². The normalized spacial score (nSPS) is 10.2. The first-order chi connectivity index (χ1) is 9.08. The van der Waals surface area contributed by atoms with Gasteiger partial charge < -0.3 is 5.11 Å². The summed E-state index contributed by atoms with van der Waals surface area (Å²) in [5.74, 6) is -1.44. The lowest BCUT2D eigenvalue weighted by atomic mass is 10.2. The first-order valence-electron chi connectivity index (χ1n) is 5.39. The molecular weight excluding hydrogens is 286 g/mol. The average molecular weight is 296 g/mol. The third kappa shape index (κ3) is 3.33. The second-order valence-corrected chi connectivity index (χ2v) is 4.99. The molecule has 0 spiro atoms. The molecule has 1 amide bonds. The van der Waals surface area contributed by atoms with Crippen LogP contribution in [0.3, 0.4) is 0 Å². The molecule has 1 aromatic carbocycles. The van der Waals surface area contributed by atoms with Gasteiger partial charge in [0.05, 0.1) is 5.56 Å². The van der Waals surface area contributed by atoms with Gasteiger partial charge in [-0.15, -0.1) is 0 Å². The van der Waals surface area contributed by atoms with E-state index >= 15 is 0 Å². The number of halogens is 1. The van der Waals surface area contributed by atoms with Gasteiger partial charge in [0.15, 0.2) is 0 Å². The van der Waals surface area contributed by atoms with E-state index in [0.29, 0.717) is 16.3 Å². The molecule has 0 radical (unpaired) electrons. The molecular formula is C13H10ClNO3S. The monoisotopic (exact) mass is 295 g/mol. The maximum atomic E-state index is 12.3. The molecule has 98 valence electrons. The summed E-state index contributed by atoms with van der Waals surface area (Å²) in [6, 6.07) is 8.22. The van der Waals surface area contributed by atoms with E-state index in [1.165, 1.54) is 16.2 Å². The Balaban J connectivity index is 2.36. The summed E-state index contributed by atoms with van der Waals surface area (Å²) < 4.78 is 0. The molecule has 6 heteroatoms. The van der Waals surface area contributed by atoms with Crippen LogP contribution in [-0.4, -0.2) is 23.5 Å². The molecule has 4 nitrogen and oxygen atoms in total. The van der Waals surface area contributed by atoms with Gasteiger partial charge in [0, 0.05) is 16.1 Å². The number of benzene rings is 1. The molecule has 0 saturated heterocycles. The van der Waals surface area contributed by atoms with Crippen LogP contribution in [0.1, 0.15) is 10.4 Å². The lowest BCUT2D eigenvalue weighted by molar-refractivity contribution is -0.135. The molecule has 0 fully saturated rings. The molecule has 0 bridgehead atoms. The molecule has 1 heterocycles. The van der Waals surface area contributed by atoms with Crippen LogP contribution in [0.4, 0.5) is 5.69 Å². The van der Waals surface area contributed by atoms with Gasteiger partial charge in [-0.05, 0) is 29.6 Å². The number of nitrogens with zero attached hydrogens (tertiary/aromatic N) is 1. The Hall–Kier alpha value is -1.85. The molecule has 0 unspecified atom stereocenters. The number of hydrogen-bond acceptors (Lipinski definition) is 3. The Morgan fingerprint density at radius 3 is 2.68 bits per heavy atom. The summed E-state index contributed by atoms with van der Waals surface area (Å²) in [6.07, 6.45) is 0. The predicted octanol–water partition coefficient (Wildman–Crippen LogP) is 3.13. The van der Waals surface area contributed by atoms with Crippen LogP contribution < -0.4 is 4.90 Å². The molecule has 0 saturated carbocycles. The summed E-state index contributed by atoms with van der Waals surface area (Å²) in [6.45, 7) is -0.408. The van der Waals surface area contributed by atoms with Crippen LogP contribution in [0.25, 0.3) is 0 Å². The zero-order chi connectivity index (χ0) is 13.8. The maximum absolute atomic E-state index is 12.3. The van der Waals surface area contributed by atoms with E-state index in [9.17, 15) is 9.59 Å². The van der Waals surface area contributed by atoms with E-state index in [4.69, 9.17) is 16.7 Å². The highest BCUT2D eigenvalue weighted by atomic mass is 35.5. The third-order valence-corrected chi connectivity index (χ3v) is 3.34. The van der Waals surface area contributed by atoms with Crippen LogP contribution in [0.5, 0.6) is 0 Å². The van der Waals surface area contributed by atoms with Crippen molar-refractivity contribution in [1.29, 1.82) is 0 Å². The SMILES string of the molecule is O=C(O)CN(C(=O)c1ccsc1)c1cccc(Cl)c1. The van der Waals surface area contributed by atoms with E-state index in [-0.39, 0.29) is 5.91 Å². The van der Waals surface area contributed by atoms with Crippen LogP contribution in [0, 0.1) is 0 Å². The number of hydrogen-bond donors (Lipinski definition) is 1. The molecule has 1 N–H and O–H groups in total. The van der Waals surface area contributed by atoms with Gasteiger partial charge in [0.1, 0.15) is 6.54 Å². The highest BCUT2D eigenvalue weighted by Gasteiger charge is 2.20. The smallest absolute Gasteiger partial charge is 0.323 e. The fourth-order valence-electron chi connectivity index (χ4n) is 1.60. The third-order valence-electron chi connectivity index (χ3n) is 2.43. The van der Waals surface area contributed by atoms with Crippen LogP contribution >= 0.6 is 22.9 Å². The van der Waals surface area contributed by atoms with Crippen LogP contribution in [0.2, 0.25) is 5.02 Å². The molecule has 2 aromatic rings. The molecule has 0 aliphatic carbocycles. The van der Waals surface area contributed by atoms with Crippen molar-refractivity contribution in [1.82, 2.24) is 0 Å². The number of anilines is 1. The lowest BCUT2D eigenvalue weighted by Crippen LogP contribution is -2.35. The fraction of sp³-hybridized carbons (Fsp3) is 0.0769. The summed E-state index contributed by atoms with van der Waals surface area (Å²) in [4.78, 5) is 24.4. The van der Waals surface area contributed by atoms with Gasteiger partial charge in [-0.25, -0.2) is 0 Å². The lowest BCUT2D eigenvalue weighted by Gasteiger charge is -2.20. The Morgan fingerprint density at radius 1 is 1.32 bits per heavy atom. The van der Waals surface area contributed by atoms with Gasteiger partial charge in [-0.3, -0.25) is 14.5 Å². The van der Waals surface area contributed by atoms with Crippen molar-refractivity contribution in [3.63, 3.8) is 0 Å². The van der Waals surface area contributed by atoms with Crippen molar-refractivity contribution in [2.24, 2.45) is 0 Å². The van der Waals surface area contributed by atoms with Crippen molar-refractivity contribution in [3.05, 3.63) is 51.7 Å². The number of rotatable bonds is 4. The Morgan fingerprint density at radius 2 is 2.11 bits per heavy atom. The largest absolute Gasteiger partial charge is 0.480 e. The van der Waals surface area contributed by atoms with Crippen molar-refractivity contribution < 1.29 is 14.7 Å². The summed E-state index contributed by atoms with van der Waals surface area (Å²) in [5.41, 5.74) is 0.928. The van der Waals surface area contributed by atoms with Gasteiger partial charge in [0.25, 0.3) is 5.91 Å². The van der Waals surface area contributed by atoms with Crippen LogP contribution in [0.15, 0.2) is 41.1 Å². The van der Waals surface area contributed by atoms with Gasteiger partial charge in [0.2, 0.25) is 0 Å². The van der Waals surface area contributed by atoms with E-state index < -0.39 is 12.5 Å². The topological polar surface area (TPSA) is 57.6 Å². The second kappa shape index (κ2) is 5.86. The van der Waals surface area contributed by atoms with Gasteiger partial charge in [-0.2, -0.15) is 11.3 Å². The number of carboxylic acids is 1. The van der Waals surface area contributed by atoms with Crippen LogP contribution in [-0.2, 0) is 4.79 Å². The van der Waals surface area contributed by atoms with E-state index in [1.54, 1.807) is 41.1 Å². The number of carbonyl (C=O) groups excluding carboxylic acids is 1. The number of carboxylic acid groups (broad SMARTS) is 1. The van der Waals surface area contributed by atoms with E-state index in [0.717, 1.165) is 0 Å². The Kier molecular flexibility index (Phi) is 4.19. The quantitative estimate of drug-likeness (QED) is 0.943. The fourth-order valence-corrected chi connectivity index (χ4v) is 2.42. The molecule has 0 aliphatic rings. The van der Waals surface area contributed by atoms with Gasteiger partial charge in [-0.1, -0.05) is 17.7 Å². The minimum atomic E-state index is -1.08. The van der Waals surface area contributed by atoms with E-state index in [1.807, 2.05) is 0 Å². The first kappa shape index (κ1) is 13.6. The minimum Gasteiger partial charge on any atom is -0.480 e. The van der Waals surface area contributed by atoms with Crippen molar-refractivity contribution in [2.75, 3.05) is 11.4 Å². The zero-order valence-electron chi connectivity index (χ0n) is 9.75. The molecule has 19 heavy (non-hydrogen) atoms. The summed E-state index contributed by atoms with van der Waals surface area (Å²) in [7, 11) is 0. The Bertz CT molecular complexity index is 598. The number of thiophene rings is 1. The average Bonchev–Trinajstić information content (AvgIpc) is 2.88. The standard InChI is InChI=1S/C13H10ClNO3S/c14-10-2-1-3-11(6-10)15(7-12(16)17)13(18)9-4-5-19-8-9/h1-6,8H,7H2,(H,16,17). The Labute approximate surface area is 118 Å². The predicted molar refractivity (Wildman–Crippen MR) is 75.1 cm³/mol. The highest BCUT2D eigenvalue weighted by Crippen LogP contribution is 2.22. The molecule has 0 atom stereocenters. The maximum Gasteiger partial charge on any atom is 0.323 e. The molecule has 0 aliphatic heterocycles. The minimum absolute atomic E-state index is 0.356. The second-order valence-electron chi connectivity index (χ2n) is 3.78. The summed E-state index contributed by atoms with van der Waals surface area (Å²) in [5, 5.41) is 12.8. The zero-order valence-corrected chi connectivity index (χ0v) is 11.3. The first-order valence-corrected chi connectivity index (χ1v) is 6.71.